The number of unbranched alkanes of at least 4 members (excludes halogenated alkanes) is 4. The van der Waals surface area contributed by atoms with Crippen LogP contribution in [0.2, 0.25) is 0 Å². The van der Waals surface area contributed by atoms with Gasteiger partial charge < -0.3 is 9.47 Å². The minimum atomic E-state index is -0.553. The van der Waals surface area contributed by atoms with Gasteiger partial charge in [-0.05, 0) is 36.0 Å². The third kappa shape index (κ3) is 7.72. The van der Waals surface area contributed by atoms with Gasteiger partial charge in [0.25, 0.3) is 0 Å². The number of aryl methyl sites for hydroxylation is 1. The lowest BCUT2D eigenvalue weighted by atomic mass is 9.92. The van der Waals surface area contributed by atoms with E-state index in [-0.39, 0.29) is 0 Å². The van der Waals surface area contributed by atoms with Crippen LogP contribution in [0.5, 0.6) is 0 Å². The lowest BCUT2D eigenvalue weighted by Gasteiger charge is -2.17. The maximum Gasteiger partial charge on any atom is 0.343 e. The number of esters is 1. The van der Waals surface area contributed by atoms with Gasteiger partial charge in [0.1, 0.15) is 0 Å². The van der Waals surface area contributed by atoms with Gasteiger partial charge in [0.15, 0.2) is 5.82 Å². The highest BCUT2D eigenvalue weighted by atomic mass is 16.7. The molecule has 1 heterocycles. The molecule has 1 atom stereocenters. The van der Waals surface area contributed by atoms with Crippen molar-refractivity contribution in [3.05, 3.63) is 72.1 Å². The Kier molecular flexibility index (Phi) is 10.9. The molecule has 0 aliphatic carbocycles. The van der Waals surface area contributed by atoms with Crippen LogP contribution in [0, 0.1) is 0 Å². The highest BCUT2D eigenvalue weighted by Gasteiger charge is 2.18. The second-order valence-corrected chi connectivity index (χ2v) is 8.78. The molecule has 0 fully saturated rings. The van der Waals surface area contributed by atoms with Gasteiger partial charge >= 0.3 is 5.97 Å². The smallest absolute Gasteiger partial charge is 0.343 e. The van der Waals surface area contributed by atoms with Crippen molar-refractivity contribution >= 4 is 5.97 Å². The summed E-state index contributed by atoms with van der Waals surface area (Å²) in [5.41, 5.74) is 4.81. The molecule has 0 radical (unpaired) electrons. The maximum absolute atomic E-state index is 12.7. The van der Waals surface area contributed by atoms with E-state index < -0.39 is 12.3 Å². The van der Waals surface area contributed by atoms with Crippen LogP contribution in [0.4, 0.5) is 0 Å². The summed E-state index contributed by atoms with van der Waals surface area (Å²) in [4.78, 5) is 21.9. The number of benzene rings is 2. The van der Waals surface area contributed by atoms with Crippen LogP contribution in [0.3, 0.4) is 0 Å². The van der Waals surface area contributed by atoms with Crippen LogP contribution in [-0.2, 0) is 15.9 Å². The fraction of sp³-hybridized carbons (Fsp3) is 0.433. The summed E-state index contributed by atoms with van der Waals surface area (Å²) in [6, 6.07) is 16.7. The maximum atomic E-state index is 12.7. The summed E-state index contributed by atoms with van der Waals surface area (Å²) < 4.78 is 11.2. The molecule has 0 amide bonds. The van der Waals surface area contributed by atoms with Crippen molar-refractivity contribution in [2.45, 2.75) is 78.4 Å². The third-order valence-electron chi connectivity index (χ3n) is 6.02. The molecule has 0 aliphatic heterocycles. The van der Waals surface area contributed by atoms with Crippen molar-refractivity contribution in [1.29, 1.82) is 0 Å². The summed E-state index contributed by atoms with van der Waals surface area (Å²) in [5.74, 6) is 0.161. The topological polar surface area (TPSA) is 61.3 Å². The number of aromatic nitrogens is 2. The van der Waals surface area contributed by atoms with Crippen molar-refractivity contribution in [3.8, 4) is 22.5 Å². The normalized spacial score (nSPS) is 11.9. The van der Waals surface area contributed by atoms with Gasteiger partial charge in [-0.2, -0.15) is 0 Å². The van der Waals surface area contributed by atoms with Crippen molar-refractivity contribution in [2.75, 3.05) is 6.61 Å². The van der Waals surface area contributed by atoms with E-state index in [9.17, 15) is 4.79 Å². The van der Waals surface area contributed by atoms with Crippen LogP contribution < -0.4 is 0 Å². The minimum Gasteiger partial charge on any atom is -0.432 e. The lowest BCUT2D eigenvalue weighted by Crippen LogP contribution is -2.21. The molecule has 2 aromatic carbocycles. The number of ether oxygens (including phenoxy) is 2. The third-order valence-corrected chi connectivity index (χ3v) is 6.02. The molecular weight excluding hydrogens is 436 g/mol. The molecular formula is C30H38N2O3. The number of hydrogen-bond acceptors (Lipinski definition) is 5. The first-order valence-electron chi connectivity index (χ1n) is 13.0. The Bertz CT molecular complexity index is 1040. The summed E-state index contributed by atoms with van der Waals surface area (Å²) >= 11 is 0. The van der Waals surface area contributed by atoms with E-state index in [1.165, 1.54) is 24.8 Å². The van der Waals surface area contributed by atoms with Crippen LogP contribution in [-0.4, -0.2) is 28.8 Å². The van der Waals surface area contributed by atoms with Gasteiger partial charge in [0.05, 0.1) is 12.2 Å². The van der Waals surface area contributed by atoms with Crippen molar-refractivity contribution in [3.63, 3.8) is 0 Å². The van der Waals surface area contributed by atoms with Gasteiger partial charge in [0.2, 0.25) is 6.29 Å². The van der Waals surface area contributed by atoms with Crippen LogP contribution in [0.15, 0.2) is 60.9 Å². The molecule has 0 bridgehead atoms. The van der Waals surface area contributed by atoms with E-state index in [1.54, 1.807) is 12.4 Å². The van der Waals surface area contributed by atoms with E-state index in [0.717, 1.165) is 42.4 Å². The van der Waals surface area contributed by atoms with Crippen molar-refractivity contribution in [2.24, 2.45) is 0 Å². The zero-order valence-corrected chi connectivity index (χ0v) is 21.3. The molecule has 5 nitrogen and oxygen atoms in total. The molecule has 1 aromatic heterocycles. The number of nitrogens with zero attached hydrogens (tertiary/aromatic N) is 2. The zero-order valence-electron chi connectivity index (χ0n) is 21.3. The molecule has 0 N–H and O–H groups in total. The zero-order chi connectivity index (χ0) is 24.9. The van der Waals surface area contributed by atoms with E-state index in [4.69, 9.17) is 9.47 Å². The van der Waals surface area contributed by atoms with Gasteiger partial charge in [-0.25, -0.2) is 14.8 Å². The number of hydrogen-bond donors (Lipinski definition) is 0. The van der Waals surface area contributed by atoms with E-state index in [0.29, 0.717) is 24.4 Å². The molecule has 0 saturated carbocycles. The van der Waals surface area contributed by atoms with Crippen molar-refractivity contribution < 1.29 is 14.3 Å². The predicted molar refractivity (Wildman–Crippen MR) is 141 cm³/mol. The summed E-state index contributed by atoms with van der Waals surface area (Å²) in [6.45, 7) is 6.84. The van der Waals surface area contributed by atoms with Gasteiger partial charge in [-0.1, -0.05) is 95.0 Å². The molecule has 0 saturated heterocycles. The van der Waals surface area contributed by atoms with E-state index >= 15 is 0 Å². The average Bonchev–Trinajstić information content (AvgIpc) is 2.91. The summed E-state index contributed by atoms with van der Waals surface area (Å²) in [5, 5.41) is 0. The van der Waals surface area contributed by atoms with Crippen LogP contribution >= 0.6 is 0 Å². The second kappa shape index (κ2) is 14.4. The molecule has 3 aromatic rings. The van der Waals surface area contributed by atoms with E-state index in [1.807, 2.05) is 25.1 Å². The Labute approximate surface area is 209 Å². The standard InChI is InChI=1S/C30H38N2O3/c1-4-7-9-11-17-24-18-14-19-26(23-15-12-10-13-16-23)28(24)29-31-21-25(22-32-29)30(33)35-27(6-3)34-20-8-5-2/h10,12-16,18-19,21-22,27H,4-9,11,17,20H2,1-3H3/t27-/m1/s1. The first-order valence-corrected chi connectivity index (χ1v) is 13.0. The SMILES string of the molecule is CCCCCCc1cccc(-c2ccccc2)c1-c1ncc(C(=O)O[C@H](CC)OCCCC)cn1. The van der Waals surface area contributed by atoms with E-state index in [2.05, 4.69) is 54.1 Å². The average molecular weight is 475 g/mol. The Balaban J connectivity index is 1.85. The highest BCUT2D eigenvalue weighted by Crippen LogP contribution is 2.34. The summed E-state index contributed by atoms with van der Waals surface area (Å²) in [6.07, 6.45) is 10.9. The van der Waals surface area contributed by atoms with Gasteiger partial charge in [0, 0.05) is 24.4 Å². The summed E-state index contributed by atoms with van der Waals surface area (Å²) in [7, 11) is 0. The van der Waals surface area contributed by atoms with Crippen molar-refractivity contribution in [1.82, 2.24) is 9.97 Å². The second-order valence-electron chi connectivity index (χ2n) is 8.78. The fourth-order valence-corrected chi connectivity index (χ4v) is 4.02. The fourth-order valence-electron chi connectivity index (χ4n) is 4.02. The predicted octanol–water partition coefficient (Wildman–Crippen LogP) is 7.64. The number of carbonyl (C=O) groups is 1. The highest BCUT2D eigenvalue weighted by molar-refractivity contribution is 5.89. The molecule has 0 spiro atoms. The van der Waals surface area contributed by atoms with Crippen LogP contribution in [0.1, 0.15) is 81.6 Å². The largest absolute Gasteiger partial charge is 0.432 e. The minimum absolute atomic E-state index is 0.327. The molecule has 3 rings (SSSR count). The lowest BCUT2D eigenvalue weighted by molar-refractivity contribution is -0.111. The Morgan fingerprint density at radius 3 is 2.29 bits per heavy atom. The molecule has 0 unspecified atom stereocenters. The first kappa shape index (κ1) is 26.6. The Hall–Kier alpha value is -3.05. The first-order chi connectivity index (χ1) is 17.2. The molecule has 35 heavy (non-hydrogen) atoms. The number of carbonyl (C=O) groups excluding carboxylic acids is 1. The molecule has 186 valence electrons. The number of rotatable bonds is 14. The molecule has 5 heteroatoms. The Morgan fingerprint density at radius 1 is 0.857 bits per heavy atom. The van der Waals surface area contributed by atoms with Gasteiger partial charge in [-0.3, -0.25) is 0 Å². The monoisotopic (exact) mass is 474 g/mol. The Morgan fingerprint density at radius 2 is 1.60 bits per heavy atom. The van der Waals surface area contributed by atoms with Gasteiger partial charge in [-0.15, -0.1) is 0 Å². The molecule has 0 aliphatic rings. The van der Waals surface area contributed by atoms with Crippen LogP contribution in [0.25, 0.3) is 22.5 Å². The quantitative estimate of drug-likeness (QED) is 0.136.